The number of aliphatic carboxylic acids is 2. The van der Waals surface area contributed by atoms with Crippen LogP contribution in [0.25, 0.3) is 0 Å². The summed E-state index contributed by atoms with van der Waals surface area (Å²) >= 11 is 0. The van der Waals surface area contributed by atoms with E-state index in [1.54, 1.807) is 31.2 Å². The van der Waals surface area contributed by atoms with Gasteiger partial charge in [-0.25, -0.2) is 0 Å². The second-order valence-electron chi connectivity index (χ2n) is 4.64. The Hall–Kier alpha value is -2.04. The van der Waals surface area contributed by atoms with Gasteiger partial charge < -0.3 is 14.9 Å². The van der Waals surface area contributed by atoms with Crippen LogP contribution in [0.3, 0.4) is 0 Å². The van der Waals surface area contributed by atoms with Crippen molar-refractivity contribution in [3.63, 3.8) is 0 Å². The van der Waals surface area contributed by atoms with Crippen molar-refractivity contribution in [2.75, 3.05) is 7.11 Å². The van der Waals surface area contributed by atoms with Crippen molar-refractivity contribution < 1.29 is 24.5 Å². The van der Waals surface area contributed by atoms with Crippen LogP contribution >= 0.6 is 0 Å². The van der Waals surface area contributed by atoms with E-state index in [-0.39, 0.29) is 0 Å². The van der Waals surface area contributed by atoms with E-state index in [1.165, 1.54) is 7.11 Å². The minimum Gasteiger partial charge on any atom is -0.497 e. The zero-order valence-electron chi connectivity index (χ0n) is 10.1. The molecule has 2 N–H and O–H groups in total. The summed E-state index contributed by atoms with van der Waals surface area (Å²) in [7, 11) is 1.54. The Kier molecular flexibility index (Phi) is 2.77. The van der Waals surface area contributed by atoms with Gasteiger partial charge in [-0.15, -0.1) is 0 Å². The second kappa shape index (κ2) is 4.01. The summed E-state index contributed by atoms with van der Waals surface area (Å²) in [6, 6.07) is 6.85. The summed E-state index contributed by atoms with van der Waals surface area (Å²) in [5, 5.41) is 18.2. The maximum absolute atomic E-state index is 11.1. The van der Waals surface area contributed by atoms with Crippen molar-refractivity contribution in [3.05, 3.63) is 29.8 Å². The Balaban J connectivity index is 2.36. The van der Waals surface area contributed by atoms with Crippen molar-refractivity contribution in [1.29, 1.82) is 0 Å². The molecule has 1 aromatic carbocycles. The number of carboxylic acids is 2. The molecule has 3 atom stereocenters. The molecule has 1 aromatic rings. The summed E-state index contributed by atoms with van der Waals surface area (Å²) in [5.74, 6) is -3.23. The van der Waals surface area contributed by atoms with Gasteiger partial charge in [-0.05, 0) is 17.7 Å². The predicted molar refractivity (Wildman–Crippen MR) is 62.6 cm³/mol. The molecule has 5 heteroatoms. The number of benzene rings is 1. The standard InChI is InChI=1S/C13H14O5/c1-13(7-3-5-8(18-2)6-4-7)9(11(14)15)10(13)12(16)17/h3-6,9-10H,1-2H3,(H,14,15)(H,16,17)/t9-,10+,13?. The van der Waals surface area contributed by atoms with Crippen LogP contribution in [0, 0.1) is 11.8 Å². The number of methoxy groups -OCH3 is 1. The molecule has 2 rings (SSSR count). The summed E-state index contributed by atoms with van der Waals surface area (Å²) in [5.41, 5.74) is -0.132. The summed E-state index contributed by atoms with van der Waals surface area (Å²) < 4.78 is 5.02. The molecule has 0 heterocycles. The summed E-state index contributed by atoms with van der Waals surface area (Å²) in [6.07, 6.45) is 0. The van der Waals surface area contributed by atoms with E-state index >= 15 is 0 Å². The number of hydrogen-bond acceptors (Lipinski definition) is 3. The van der Waals surface area contributed by atoms with Gasteiger partial charge in [-0.1, -0.05) is 19.1 Å². The Labute approximate surface area is 104 Å². The van der Waals surface area contributed by atoms with E-state index in [0.717, 1.165) is 0 Å². The van der Waals surface area contributed by atoms with Crippen LogP contribution in [0.4, 0.5) is 0 Å². The molecule has 1 unspecified atom stereocenters. The van der Waals surface area contributed by atoms with Gasteiger partial charge in [0.15, 0.2) is 0 Å². The highest BCUT2D eigenvalue weighted by molar-refractivity contribution is 5.90. The molecule has 5 nitrogen and oxygen atoms in total. The fourth-order valence-corrected chi connectivity index (χ4v) is 2.62. The third-order valence-corrected chi connectivity index (χ3v) is 3.76. The van der Waals surface area contributed by atoms with Gasteiger partial charge >= 0.3 is 11.9 Å². The van der Waals surface area contributed by atoms with Gasteiger partial charge in [0.1, 0.15) is 5.75 Å². The van der Waals surface area contributed by atoms with Gasteiger partial charge in [-0.3, -0.25) is 9.59 Å². The van der Waals surface area contributed by atoms with Crippen LogP contribution < -0.4 is 4.74 Å². The molecule has 0 aromatic heterocycles. The van der Waals surface area contributed by atoms with E-state index in [4.69, 9.17) is 14.9 Å². The number of hydrogen-bond donors (Lipinski definition) is 2. The van der Waals surface area contributed by atoms with E-state index in [9.17, 15) is 9.59 Å². The number of carbonyl (C=O) groups is 2. The fourth-order valence-electron chi connectivity index (χ4n) is 2.62. The quantitative estimate of drug-likeness (QED) is 0.843. The van der Waals surface area contributed by atoms with E-state index < -0.39 is 29.2 Å². The van der Waals surface area contributed by atoms with Crippen LogP contribution in [0.5, 0.6) is 5.75 Å². The Morgan fingerprint density at radius 3 is 1.89 bits per heavy atom. The summed E-state index contributed by atoms with van der Waals surface area (Å²) in [6.45, 7) is 1.67. The first-order valence-electron chi connectivity index (χ1n) is 5.53. The SMILES string of the molecule is COc1ccc(C2(C)[C@H](C(=O)O)[C@@H]2C(=O)O)cc1. The Morgan fingerprint density at radius 1 is 1.11 bits per heavy atom. The average molecular weight is 250 g/mol. The molecule has 1 aliphatic carbocycles. The number of carboxylic acid groups (broad SMARTS) is 2. The van der Waals surface area contributed by atoms with Crippen LogP contribution in [-0.4, -0.2) is 29.3 Å². The van der Waals surface area contributed by atoms with Crippen LogP contribution in [0.2, 0.25) is 0 Å². The monoisotopic (exact) mass is 250 g/mol. The van der Waals surface area contributed by atoms with Crippen molar-refractivity contribution in [1.82, 2.24) is 0 Å². The Morgan fingerprint density at radius 2 is 1.56 bits per heavy atom. The zero-order chi connectivity index (χ0) is 13.5. The van der Waals surface area contributed by atoms with Gasteiger partial charge in [0.05, 0.1) is 18.9 Å². The van der Waals surface area contributed by atoms with Crippen molar-refractivity contribution in [2.45, 2.75) is 12.3 Å². The minimum atomic E-state index is -1.07. The molecule has 1 aliphatic rings. The predicted octanol–water partition coefficient (Wildman–Crippen LogP) is 1.37. The lowest BCUT2D eigenvalue weighted by atomic mass is 9.93. The Bertz CT molecular complexity index is 471. The lowest BCUT2D eigenvalue weighted by Crippen LogP contribution is -2.12. The van der Waals surface area contributed by atoms with Crippen molar-refractivity contribution >= 4 is 11.9 Å². The molecule has 18 heavy (non-hydrogen) atoms. The van der Waals surface area contributed by atoms with Crippen molar-refractivity contribution in [2.24, 2.45) is 11.8 Å². The molecular formula is C13H14O5. The first kappa shape index (κ1) is 12.4. The number of ether oxygens (including phenoxy) is 1. The van der Waals surface area contributed by atoms with Gasteiger partial charge in [0.25, 0.3) is 0 Å². The van der Waals surface area contributed by atoms with E-state index in [1.807, 2.05) is 0 Å². The van der Waals surface area contributed by atoms with E-state index in [0.29, 0.717) is 11.3 Å². The third-order valence-electron chi connectivity index (χ3n) is 3.76. The lowest BCUT2D eigenvalue weighted by Gasteiger charge is -2.11. The molecule has 0 saturated heterocycles. The topological polar surface area (TPSA) is 83.8 Å². The molecular weight excluding hydrogens is 236 g/mol. The molecule has 0 spiro atoms. The minimum absolute atomic E-state index is 0.654. The second-order valence-corrected chi connectivity index (χ2v) is 4.64. The third kappa shape index (κ3) is 1.63. The molecule has 0 radical (unpaired) electrons. The largest absolute Gasteiger partial charge is 0.497 e. The molecule has 96 valence electrons. The first-order chi connectivity index (χ1) is 8.42. The van der Waals surface area contributed by atoms with Gasteiger partial charge in [0, 0.05) is 5.41 Å². The molecule has 0 aliphatic heterocycles. The highest BCUT2D eigenvalue weighted by atomic mass is 16.5. The lowest BCUT2D eigenvalue weighted by molar-refractivity contribution is -0.144. The van der Waals surface area contributed by atoms with Crippen LogP contribution in [-0.2, 0) is 15.0 Å². The van der Waals surface area contributed by atoms with Crippen LogP contribution in [0.1, 0.15) is 12.5 Å². The maximum Gasteiger partial charge on any atom is 0.308 e. The van der Waals surface area contributed by atoms with Crippen LogP contribution in [0.15, 0.2) is 24.3 Å². The average Bonchev–Trinajstić information content (AvgIpc) is 2.98. The molecule has 1 fully saturated rings. The number of rotatable bonds is 4. The van der Waals surface area contributed by atoms with Gasteiger partial charge in [0.2, 0.25) is 0 Å². The molecule has 1 saturated carbocycles. The highest BCUT2D eigenvalue weighted by Crippen LogP contribution is 2.60. The molecule has 0 amide bonds. The van der Waals surface area contributed by atoms with Gasteiger partial charge in [-0.2, -0.15) is 0 Å². The summed E-state index contributed by atoms with van der Waals surface area (Å²) in [4.78, 5) is 22.2. The first-order valence-corrected chi connectivity index (χ1v) is 5.53. The molecule has 0 bridgehead atoms. The fraction of sp³-hybridized carbons (Fsp3) is 0.385. The van der Waals surface area contributed by atoms with E-state index in [2.05, 4.69) is 0 Å². The normalized spacial score (nSPS) is 29.7. The van der Waals surface area contributed by atoms with Crippen molar-refractivity contribution in [3.8, 4) is 5.75 Å². The highest BCUT2D eigenvalue weighted by Gasteiger charge is 2.70. The maximum atomic E-state index is 11.1. The smallest absolute Gasteiger partial charge is 0.308 e. The zero-order valence-corrected chi connectivity index (χ0v) is 10.1.